The standard InChI is InChI=1S/C25H29P/c1-19(2)22-16-20(3)21(4)23(17-22)18-26(5,24-12-8-6-9-13-24)25-14-10-7-11-15-25/h6-17,19H,5,18H2,1-4H3. The van der Waals surface area contributed by atoms with E-state index in [9.17, 15) is 0 Å². The summed E-state index contributed by atoms with van der Waals surface area (Å²) in [4.78, 5) is 0. The summed E-state index contributed by atoms with van der Waals surface area (Å²) in [5.74, 6) is 0.541. The second-order valence-electron chi connectivity index (χ2n) is 7.57. The lowest BCUT2D eigenvalue weighted by Crippen LogP contribution is -2.18. The summed E-state index contributed by atoms with van der Waals surface area (Å²) < 4.78 is 0. The van der Waals surface area contributed by atoms with Crippen LogP contribution < -0.4 is 10.6 Å². The van der Waals surface area contributed by atoms with Crippen LogP contribution in [0.2, 0.25) is 0 Å². The van der Waals surface area contributed by atoms with Gasteiger partial charge in [0.25, 0.3) is 0 Å². The summed E-state index contributed by atoms with van der Waals surface area (Å²) in [6.45, 7) is 7.30. The zero-order chi connectivity index (χ0) is 18.7. The van der Waals surface area contributed by atoms with Crippen molar-refractivity contribution >= 4 is 23.8 Å². The molecule has 0 aliphatic rings. The molecule has 0 spiro atoms. The molecule has 1 heteroatoms. The fraction of sp³-hybridized carbons (Fsp3) is 0.240. The quantitative estimate of drug-likeness (QED) is 0.488. The molecular weight excluding hydrogens is 331 g/mol. The second-order valence-corrected chi connectivity index (χ2v) is 10.9. The van der Waals surface area contributed by atoms with E-state index < -0.39 is 6.89 Å². The maximum absolute atomic E-state index is 4.86. The Morgan fingerprint density at radius 2 is 1.31 bits per heavy atom. The van der Waals surface area contributed by atoms with E-state index in [2.05, 4.69) is 100 Å². The molecule has 0 nitrogen and oxygen atoms in total. The van der Waals surface area contributed by atoms with Crippen LogP contribution in [-0.2, 0) is 6.16 Å². The normalized spacial score (nSPS) is 11.7. The van der Waals surface area contributed by atoms with E-state index in [1.54, 1.807) is 0 Å². The predicted molar refractivity (Wildman–Crippen MR) is 120 cm³/mol. The summed E-state index contributed by atoms with van der Waals surface area (Å²) >= 11 is 0. The van der Waals surface area contributed by atoms with Crippen molar-refractivity contribution in [2.75, 3.05) is 0 Å². The molecule has 3 aromatic carbocycles. The highest BCUT2D eigenvalue weighted by atomic mass is 31.2. The van der Waals surface area contributed by atoms with Crippen molar-refractivity contribution in [3.8, 4) is 0 Å². The molecule has 3 rings (SSSR count). The highest BCUT2D eigenvalue weighted by Gasteiger charge is 2.22. The highest BCUT2D eigenvalue weighted by Crippen LogP contribution is 2.47. The van der Waals surface area contributed by atoms with Gasteiger partial charge in [0.2, 0.25) is 0 Å². The Kier molecular flexibility index (Phi) is 5.54. The fourth-order valence-electron chi connectivity index (χ4n) is 3.51. The first kappa shape index (κ1) is 18.7. The van der Waals surface area contributed by atoms with Gasteiger partial charge in [-0.25, -0.2) is 0 Å². The third-order valence-corrected chi connectivity index (χ3v) is 8.86. The van der Waals surface area contributed by atoms with Crippen LogP contribution in [0.1, 0.15) is 42.0 Å². The van der Waals surface area contributed by atoms with Crippen molar-refractivity contribution in [1.82, 2.24) is 0 Å². The summed E-state index contributed by atoms with van der Waals surface area (Å²) in [7, 11) is 0. The lowest BCUT2D eigenvalue weighted by Gasteiger charge is -2.28. The Labute approximate surface area is 158 Å². The Morgan fingerprint density at radius 1 is 0.808 bits per heavy atom. The van der Waals surface area contributed by atoms with Gasteiger partial charge >= 0.3 is 0 Å². The lowest BCUT2D eigenvalue weighted by molar-refractivity contribution is 0.861. The molecule has 26 heavy (non-hydrogen) atoms. The summed E-state index contributed by atoms with van der Waals surface area (Å²) in [6.07, 6.45) is 5.87. The maximum atomic E-state index is 4.86. The average Bonchev–Trinajstić information content (AvgIpc) is 2.66. The van der Waals surface area contributed by atoms with E-state index in [1.807, 2.05) is 0 Å². The molecule has 3 aromatic rings. The molecule has 0 radical (unpaired) electrons. The number of hydrogen-bond acceptors (Lipinski definition) is 0. The largest absolute Gasteiger partial charge is 0.0923 e. The van der Waals surface area contributed by atoms with E-state index in [0.717, 1.165) is 6.16 Å². The van der Waals surface area contributed by atoms with Crippen LogP contribution in [0.3, 0.4) is 0 Å². The summed E-state index contributed by atoms with van der Waals surface area (Å²) in [5.41, 5.74) is 5.67. The predicted octanol–water partition coefficient (Wildman–Crippen LogP) is 6.03. The van der Waals surface area contributed by atoms with Gasteiger partial charge in [-0.15, -0.1) is 0 Å². The number of aryl methyl sites for hydroxylation is 1. The van der Waals surface area contributed by atoms with E-state index in [-0.39, 0.29) is 0 Å². The zero-order valence-electron chi connectivity index (χ0n) is 16.4. The van der Waals surface area contributed by atoms with Gasteiger partial charge < -0.3 is 0 Å². The molecule has 0 saturated carbocycles. The molecule has 0 fully saturated rings. The van der Waals surface area contributed by atoms with Gasteiger partial charge in [0.05, 0.1) is 0 Å². The molecule has 0 N–H and O–H groups in total. The number of hydrogen-bond donors (Lipinski definition) is 0. The zero-order valence-corrected chi connectivity index (χ0v) is 17.3. The van der Waals surface area contributed by atoms with Gasteiger partial charge in [0.1, 0.15) is 0 Å². The number of benzene rings is 3. The van der Waals surface area contributed by atoms with Crippen molar-refractivity contribution in [2.24, 2.45) is 0 Å². The van der Waals surface area contributed by atoms with Crippen LogP contribution in [0.5, 0.6) is 0 Å². The van der Waals surface area contributed by atoms with E-state index in [0.29, 0.717) is 5.92 Å². The molecular formula is C25H29P. The van der Waals surface area contributed by atoms with Crippen molar-refractivity contribution in [3.05, 3.63) is 95.1 Å². The summed E-state index contributed by atoms with van der Waals surface area (Å²) in [6, 6.07) is 26.5. The molecule has 134 valence electrons. The van der Waals surface area contributed by atoms with Crippen LogP contribution >= 0.6 is 6.89 Å². The van der Waals surface area contributed by atoms with E-state index in [4.69, 9.17) is 6.30 Å². The SMILES string of the molecule is C=P(Cc1cc(C(C)C)cc(C)c1C)(c1ccccc1)c1ccccc1. The van der Waals surface area contributed by atoms with Gasteiger partial charge in [0.15, 0.2) is 0 Å². The van der Waals surface area contributed by atoms with Gasteiger partial charge in [-0.05, 0) is 58.8 Å². The average molecular weight is 360 g/mol. The third kappa shape index (κ3) is 3.71. The highest BCUT2D eigenvalue weighted by molar-refractivity contribution is 7.86. The molecule has 0 heterocycles. The van der Waals surface area contributed by atoms with Crippen LogP contribution in [0, 0.1) is 13.8 Å². The molecule has 0 unspecified atom stereocenters. The minimum atomic E-state index is -1.74. The Morgan fingerprint density at radius 3 is 1.77 bits per heavy atom. The van der Waals surface area contributed by atoms with Crippen LogP contribution in [0.4, 0.5) is 0 Å². The van der Waals surface area contributed by atoms with Gasteiger partial charge in [-0.1, -0.05) is 99.8 Å². The molecule has 0 bridgehead atoms. The molecule has 0 aromatic heterocycles. The molecule has 0 atom stereocenters. The minimum Gasteiger partial charge on any atom is -0.0923 e. The van der Waals surface area contributed by atoms with Gasteiger partial charge in [-0.2, -0.15) is 0 Å². The third-order valence-electron chi connectivity index (χ3n) is 5.41. The first-order chi connectivity index (χ1) is 12.4. The van der Waals surface area contributed by atoms with Crippen molar-refractivity contribution < 1.29 is 0 Å². The smallest absolute Gasteiger partial charge is 0.000118 e. The van der Waals surface area contributed by atoms with Crippen molar-refractivity contribution in [3.63, 3.8) is 0 Å². The number of rotatable bonds is 5. The molecule has 0 amide bonds. The Hall–Kier alpha value is -2.04. The van der Waals surface area contributed by atoms with Gasteiger partial charge in [-0.3, -0.25) is 0 Å². The Balaban J connectivity index is 2.16. The van der Waals surface area contributed by atoms with Crippen LogP contribution in [0.25, 0.3) is 0 Å². The van der Waals surface area contributed by atoms with E-state index >= 15 is 0 Å². The minimum absolute atomic E-state index is 0.541. The van der Waals surface area contributed by atoms with Crippen molar-refractivity contribution in [2.45, 2.75) is 39.8 Å². The maximum Gasteiger partial charge on any atom is -0.000118 e. The van der Waals surface area contributed by atoms with Crippen LogP contribution in [0.15, 0.2) is 72.8 Å². The topological polar surface area (TPSA) is 0 Å². The first-order valence-corrected chi connectivity index (χ1v) is 11.5. The van der Waals surface area contributed by atoms with E-state index in [1.165, 1.54) is 32.9 Å². The lowest BCUT2D eigenvalue weighted by atomic mass is 9.95. The summed E-state index contributed by atoms with van der Waals surface area (Å²) in [5, 5.41) is 2.75. The molecule has 0 aliphatic heterocycles. The molecule has 0 saturated heterocycles. The van der Waals surface area contributed by atoms with Crippen molar-refractivity contribution in [1.29, 1.82) is 0 Å². The van der Waals surface area contributed by atoms with Crippen LogP contribution in [-0.4, -0.2) is 6.30 Å². The van der Waals surface area contributed by atoms with Gasteiger partial charge in [0, 0.05) is 0 Å². The first-order valence-electron chi connectivity index (χ1n) is 9.35. The fourth-order valence-corrected chi connectivity index (χ4v) is 6.57. The molecule has 0 aliphatic carbocycles. The Bertz CT molecular complexity index is 878. The second kappa shape index (κ2) is 7.68. The monoisotopic (exact) mass is 360 g/mol.